The van der Waals surface area contributed by atoms with E-state index >= 15 is 0 Å². The molecule has 208 valence electrons. The average molecular weight is 572 g/mol. The molecule has 0 saturated carbocycles. The van der Waals surface area contributed by atoms with Crippen LogP contribution in [0.4, 0.5) is 5.69 Å². The number of ether oxygens (including phenoxy) is 1. The third-order valence-electron chi connectivity index (χ3n) is 6.17. The fourth-order valence-electron chi connectivity index (χ4n) is 4.07. The standard InChI is InChI=1S/C29H34ClN3O5S/c1-4-19-31-29(35)27(5-2)32(20-22-11-13-23(30)14-12-22)28(34)21-33(24-9-7-6-8-10-24)39(36,37)26-17-15-25(38-3)16-18-26/h6-18,27H,4-5,19-21H2,1-3H3,(H,31,35)/t27-/m0/s1. The molecule has 0 unspecified atom stereocenters. The van der Waals surface area contributed by atoms with E-state index in [9.17, 15) is 18.0 Å². The molecule has 0 aliphatic carbocycles. The van der Waals surface area contributed by atoms with Gasteiger partial charge in [-0.3, -0.25) is 13.9 Å². The van der Waals surface area contributed by atoms with Crippen LogP contribution >= 0.6 is 11.6 Å². The number of anilines is 1. The maximum Gasteiger partial charge on any atom is 0.264 e. The van der Waals surface area contributed by atoms with Gasteiger partial charge in [0.25, 0.3) is 10.0 Å². The highest BCUT2D eigenvalue weighted by molar-refractivity contribution is 7.92. The molecule has 0 aromatic heterocycles. The lowest BCUT2D eigenvalue weighted by Gasteiger charge is -2.33. The first-order valence-corrected chi connectivity index (χ1v) is 14.6. The van der Waals surface area contributed by atoms with E-state index < -0.39 is 28.5 Å². The van der Waals surface area contributed by atoms with Crippen LogP contribution in [0, 0.1) is 0 Å². The normalized spacial score (nSPS) is 11.9. The van der Waals surface area contributed by atoms with Crippen molar-refractivity contribution in [3.63, 3.8) is 0 Å². The molecular formula is C29H34ClN3O5S. The van der Waals surface area contributed by atoms with Crippen LogP contribution in [0.25, 0.3) is 0 Å². The molecule has 10 heteroatoms. The van der Waals surface area contributed by atoms with Crippen LogP contribution in [-0.2, 0) is 26.2 Å². The van der Waals surface area contributed by atoms with E-state index in [1.54, 1.807) is 66.7 Å². The van der Waals surface area contributed by atoms with E-state index in [2.05, 4.69) is 5.32 Å². The summed E-state index contributed by atoms with van der Waals surface area (Å²) >= 11 is 6.05. The quantitative estimate of drug-likeness (QED) is 0.315. The minimum Gasteiger partial charge on any atom is -0.497 e. The highest BCUT2D eigenvalue weighted by Crippen LogP contribution is 2.26. The van der Waals surface area contributed by atoms with Gasteiger partial charge in [0.1, 0.15) is 18.3 Å². The van der Waals surface area contributed by atoms with Crippen molar-refractivity contribution in [3.05, 3.63) is 89.4 Å². The molecule has 2 amide bonds. The maximum absolute atomic E-state index is 13.9. The smallest absolute Gasteiger partial charge is 0.264 e. The van der Waals surface area contributed by atoms with Crippen LogP contribution in [0.1, 0.15) is 32.3 Å². The topological polar surface area (TPSA) is 96.0 Å². The molecule has 0 radical (unpaired) electrons. The summed E-state index contributed by atoms with van der Waals surface area (Å²) in [7, 11) is -2.65. The SMILES string of the molecule is CCCNC(=O)[C@H](CC)N(Cc1ccc(Cl)cc1)C(=O)CN(c1ccccc1)S(=O)(=O)c1ccc(OC)cc1. The minimum absolute atomic E-state index is 0.0111. The molecule has 0 heterocycles. The van der Waals surface area contributed by atoms with Crippen molar-refractivity contribution in [2.75, 3.05) is 24.5 Å². The lowest BCUT2D eigenvalue weighted by Crippen LogP contribution is -2.52. The summed E-state index contributed by atoms with van der Waals surface area (Å²) in [5.74, 6) is -0.287. The number of para-hydroxylation sites is 1. The van der Waals surface area contributed by atoms with Gasteiger partial charge in [-0.1, -0.05) is 55.8 Å². The first-order valence-electron chi connectivity index (χ1n) is 12.7. The van der Waals surface area contributed by atoms with Crippen molar-refractivity contribution >= 4 is 39.1 Å². The van der Waals surface area contributed by atoms with Crippen LogP contribution in [0.5, 0.6) is 5.75 Å². The number of benzene rings is 3. The van der Waals surface area contributed by atoms with E-state index in [4.69, 9.17) is 16.3 Å². The maximum atomic E-state index is 13.9. The zero-order valence-electron chi connectivity index (χ0n) is 22.3. The van der Waals surface area contributed by atoms with E-state index in [0.717, 1.165) is 16.3 Å². The number of methoxy groups -OCH3 is 1. The minimum atomic E-state index is -4.14. The third-order valence-corrected chi connectivity index (χ3v) is 8.21. The number of nitrogens with one attached hydrogen (secondary N) is 1. The number of halogens is 1. The Morgan fingerprint density at radius 2 is 1.59 bits per heavy atom. The van der Waals surface area contributed by atoms with E-state index in [0.29, 0.717) is 29.4 Å². The number of nitrogens with zero attached hydrogens (tertiary/aromatic N) is 2. The number of hydrogen-bond donors (Lipinski definition) is 1. The number of carbonyl (C=O) groups excluding carboxylic acids is 2. The van der Waals surface area contributed by atoms with Gasteiger partial charge >= 0.3 is 0 Å². The summed E-state index contributed by atoms with van der Waals surface area (Å²) in [6.45, 7) is 3.85. The highest BCUT2D eigenvalue weighted by Gasteiger charge is 2.33. The zero-order valence-corrected chi connectivity index (χ0v) is 23.9. The Hall–Kier alpha value is -3.56. The molecule has 39 heavy (non-hydrogen) atoms. The van der Waals surface area contributed by atoms with Crippen LogP contribution in [0.15, 0.2) is 83.8 Å². The van der Waals surface area contributed by atoms with Crippen LogP contribution < -0.4 is 14.4 Å². The predicted octanol–water partition coefficient (Wildman–Crippen LogP) is 4.88. The molecular weight excluding hydrogens is 538 g/mol. The second kappa shape index (κ2) is 14.0. The van der Waals surface area contributed by atoms with E-state index in [1.807, 2.05) is 13.8 Å². The van der Waals surface area contributed by atoms with Gasteiger partial charge in [0, 0.05) is 18.1 Å². The van der Waals surface area contributed by atoms with Gasteiger partial charge < -0.3 is 15.0 Å². The Balaban J connectivity index is 2.01. The first-order chi connectivity index (χ1) is 18.7. The van der Waals surface area contributed by atoms with Crippen molar-refractivity contribution < 1.29 is 22.7 Å². The second-order valence-electron chi connectivity index (χ2n) is 8.89. The Kier molecular flexibility index (Phi) is 10.8. The summed E-state index contributed by atoms with van der Waals surface area (Å²) < 4.78 is 33.9. The van der Waals surface area contributed by atoms with Gasteiger partial charge in [0.05, 0.1) is 17.7 Å². The third kappa shape index (κ3) is 7.74. The van der Waals surface area contributed by atoms with Gasteiger partial charge in [-0.05, 0) is 66.9 Å². The van der Waals surface area contributed by atoms with Gasteiger partial charge in [0.15, 0.2) is 0 Å². The number of amides is 2. The Morgan fingerprint density at radius 3 is 2.15 bits per heavy atom. The van der Waals surface area contributed by atoms with Crippen molar-refractivity contribution in [1.29, 1.82) is 0 Å². The molecule has 0 fully saturated rings. The lowest BCUT2D eigenvalue weighted by atomic mass is 10.1. The van der Waals surface area contributed by atoms with Crippen molar-refractivity contribution in [2.24, 2.45) is 0 Å². The van der Waals surface area contributed by atoms with Gasteiger partial charge in [-0.25, -0.2) is 8.42 Å². The molecule has 8 nitrogen and oxygen atoms in total. The summed E-state index contributed by atoms with van der Waals surface area (Å²) in [5, 5.41) is 3.41. The van der Waals surface area contributed by atoms with Crippen LogP contribution in [-0.4, -0.2) is 51.4 Å². The number of sulfonamides is 1. The summed E-state index contributed by atoms with van der Waals surface area (Å²) in [6.07, 6.45) is 1.10. The van der Waals surface area contributed by atoms with E-state index in [1.165, 1.54) is 24.1 Å². The van der Waals surface area contributed by atoms with Crippen LogP contribution in [0.3, 0.4) is 0 Å². The fourth-order valence-corrected chi connectivity index (χ4v) is 5.61. The van der Waals surface area contributed by atoms with Gasteiger partial charge in [-0.2, -0.15) is 0 Å². The molecule has 0 bridgehead atoms. The van der Waals surface area contributed by atoms with Gasteiger partial charge in [-0.15, -0.1) is 0 Å². The summed E-state index contributed by atoms with van der Waals surface area (Å²) in [6, 6.07) is 20.6. The Morgan fingerprint density at radius 1 is 0.949 bits per heavy atom. The molecule has 0 spiro atoms. The van der Waals surface area contributed by atoms with Gasteiger partial charge in [0.2, 0.25) is 11.8 Å². The zero-order chi connectivity index (χ0) is 28.4. The van der Waals surface area contributed by atoms with E-state index in [-0.39, 0.29) is 17.3 Å². The molecule has 0 saturated heterocycles. The summed E-state index contributed by atoms with van der Waals surface area (Å²) in [5.41, 5.74) is 1.09. The fraction of sp³-hybridized carbons (Fsp3) is 0.310. The number of hydrogen-bond acceptors (Lipinski definition) is 5. The molecule has 1 N–H and O–H groups in total. The lowest BCUT2D eigenvalue weighted by molar-refractivity contribution is -0.140. The monoisotopic (exact) mass is 571 g/mol. The van der Waals surface area contributed by atoms with Crippen molar-refractivity contribution in [2.45, 2.75) is 44.2 Å². The molecule has 3 rings (SSSR count). The van der Waals surface area contributed by atoms with Crippen LogP contribution in [0.2, 0.25) is 5.02 Å². The van der Waals surface area contributed by atoms with Crippen molar-refractivity contribution in [3.8, 4) is 5.75 Å². The first kappa shape index (κ1) is 30.0. The molecule has 3 aromatic rings. The van der Waals surface area contributed by atoms with Crippen molar-refractivity contribution in [1.82, 2.24) is 10.2 Å². The Labute approximate surface area is 235 Å². The Bertz CT molecular complexity index is 1330. The predicted molar refractivity (Wildman–Crippen MR) is 153 cm³/mol. The second-order valence-corrected chi connectivity index (χ2v) is 11.2. The molecule has 3 aromatic carbocycles. The molecule has 0 aliphatic rings. The molecule has 1 atom stereocenters. The largest absolute Gasteiger partial charge is 0.497 e. The number of carbonyl (C=O) groups is 2. The number of rotatable bonds is 13. The molecule has 0 aliphatic heterocycles. The summed E-state index contributed by atoms with van der Waals surface area (Å²) in [4.78, 5) is 28.5. The average Bonchev–Trinajstić information content (AvgIpc) is 2.95. The highest BCUT2D eigenvalue weighted by atomic mass is 35.5.